The maximum absolute atomic E-state index is 14.5. The number of allylic oxidation sites excluding steroid dienone is 2. The number of carbonyl (C=O) groups is 1. The molecular weight excluding hydrogens is 323 g/mol. The van der Waals surface area contributed by atoms with Gasteiger partial charge in [-0.15, -0.1) is 0 Å². The Balaban J connectivity index is 1.68. The molecular formula is C18H19FN4O2. The van der Waals surface area contributed by atoms with E-state index in [9.17, 15) is 9.18 Å². The Bertz CT molecular complexity index is 763. The van der Waals surface area contributed by atoms with Crippen molar-refractivity contribution in [2.75, 3.05) is 19.7 Å². The van der Waals surface area contributed by atoms with E-state index >= 15 is 0 Å². The third-order valence-electron chi connectivity index (χ3n) is 4.18. The minimum absolute atomic E-state index is 0.170. The van der Waals surface area contributed by atoms with E-state index in [0.29, 0.717) is 30.1 Å². The molecule has 2 unspecified atom stereocenters. The number of hydrogen-bond acceptors (Lipinski definition) is 5. The molecule has 2 heterocycles. The lowest BCUT2D eigenvalue weighted by atomic mass is 9.91. The number of morpholine rings is 1. The number of hydrogen-bond donors (Lipinski definition) is 2. The molecule has 130 valence electrons. The molecule has 7 heteroatoms. The number of nitriles is 1. The average molecular weight is 342 g/mol. The van der Waals surface area contributed by atoms with Crippen LogP contribution in [0.2, 0.25) is 0 Å². The summed E-state index contributed by atoms with van der Waals surface area (Å²) in [6.07, 6.45) is 3.36. The second kappa shape index (κ2) is 7.55. The SMILES string of the molecule is Cc1cc(C(=O)NC2=CC(F)C([C@H]3CNCCO3)C=C2)cc(C#N)n1. The van der Waals surface area contributed by atoms with Gasteiger partial charge in [-0.25, -0.2) is 9.37 Å². The minimum Gasteiger partial charge on any atom is -0.375 e. The molecule has 0 aromatic carbocycles. The molecule has 0 spiro atoms. The van der Waals surface area contributed by atoms with Crippen LogP contribution in [0.4, 0.5) is 4.39 Å². The minimum atomic E-state index is -1.24. The fraction of sp³-hybridized carbons (Fsp3) is 0.389. The molecule has 1 saturated heterocycles. The van der Waals surface area contributed by atoms with Crippen molar-refractivity contribution in [3.05, 3.63) is 53.0 Å². The number of nitrogens with one attached hydrogen (secondary N) is 2. The summed E-state index contributed by atoms with van der Waals surface area (Å²) in [4.78, 5) is 16.3. The number of carbonyl (C=O) groups excluding carboxylic acids is 1. The number of nitrogens with zero attached hydrogens (tertiary/aromatic N) is 2. The van der Waals surface area contributed by atoms with Crippen molar-refractivity contribution in [2.24, 2.45) is 5.92 Å². The molecule has 0 radical (unpaired) electrons. The number of pyridine rings is 1. The first-order chi connectivity index (χ1) is 12.1. The first-order valence-electron chi connectivity index (χ1n) is 8.13. The standard InChI is InChI=1S/C18H19FN4O2/c1-11-6-12(7-14(9-20)22-11)18(24)23-13-2-3-15(16(19)8-13)17-10-21-4-5-25-17/h2-3,6-8,15-17,21H,4-5,10H2,1H3,(H,23,24)/t15?,16?,17-/m1/s1. The van der Waals surface area contributed by atoms with Gasteiger partial charge in [0.25, 0.3) is 5.91 Å². The van der Waals surface area contributed by atoms with Crippen LogP contribution in [-0.4, -0.2) is 42.9 Å². The van der Waals surface area contributed by atoms with Crippen LogP contribution < -0.4 is 10.6 Å². The van der Waals surface area contributed by atoms with E-state index in [-0.39, 0.29) is 17.7 Å². The third-order valence-corrected chi connectivity index (χ3v) is 4.18. The lowest BCUT2D eigenvalue weighted by Crippen LogP contribution is -2.45. The van der Waals surface area contributed by atoms with Crippen molar-refractivity contribution in [2.45, 2.75) is 19.2 Å². The zero-order valence-corrected chi connectivity index (χ0v) is 13.8. The van der Waals surface area contributed by atoms with E-state index in [4.69, 9.17) is 10.00 Å². The maximum atomic E-state index is 14.5. The van der Waals surface area contributed by atoms with Gasteiger partial charge in [0.15, 0.2) is 0 Å². The largest absolute Gasteiger partial charge is 0.375 e. The summed E-state index contributed by atoms with van der Waals surface area (Å²) < 4.78 is 20.1. The molecule has 3 atom stereocenters. The summed E-state index contributed by atoms with van der Waals surface area (Å²) in [5.74, 6) is -0.777. The van der Waals surface area contributed by atoms with Crippen LogP contribution in [0.15, 0.2) is 36.1 Å². The summed E-state index contributed by atoms with van der Waals surface area (Å²) in [5, 5.41) is 14.8. The predicted molar refractivity (Wildman–Crippen MR) is 89.4 cm³/mol. The predicted octanol–water partition coefficient (Wildman–Crippen LogP) is 1.39. The highest BCUT2D eigenvalue weighted by molar-refractivity contribution is 5.95. The molecule has 1 amide bonds. The highest BCUT2D eigenvalue weighted by Gasteiger charge is 2.31. The van der Waals surface area contributed by atoms with Crippen molar-refractivity contribution in [1.29, 1.82) is 5.26 Å². The first-order valence-corrected chi connectivity index (χ1v) is 8.13. The molecule has 2 N–H and O–H groups in total. The molecule has 0 saturated carbocycles. The van der Waals surface area contributed by atoms with Gasteiger partial charge in [-0.1, -0.05) is 6.08 Å². The number of ether oxygens (including phenoxy) is 1. The van der Waals surface area contributed by atoms with Crippen LogP contribution in [0.1, 0.15) is 21.7 Å². The molecule has 25 heavy (non-hydrogen) atoms. The van der Waals surface area contributed by atoms with Crippen LogP contribution in [0, 0.1) is 24.2 Å². The van der Waals surface area contributed by atoms with Crippen LogP contribution in [0.25, 0.3) is 0 Å². The lowest BCUT2D eigenvalue weighted by molar-refractivity contribution is -0.0113. The van der Waals surface area contributed by atoms with Crippen molar-refractivity contribution in [3.63, 3.8) is 0 Å². The van der Waals surface area contributed by atoms with Crippen LogP contribution in [0.5, 0.6) is 0 Å². The van der Waals surface area contributed by atoms with Crippen LogP contribution in [-0.2, 0) is 4.74 Å². The highest BCUT2D eigenvalue weighted by Crippen LogP contribution is 2.25. The van der Waals surface area contributed by atoms with Gasteiger partial charge in [-0.3, -0.25) is 4.79 Å². The zero-order chi connectivity index (χ0) is 17.8. The lowest BCUT2D eigenvalue weighted by Gasteiger charge is -2.32. The van der Waals surface area contributed by atoms with E-state index < -0.39 is 12.1 Å². The van der Waals surface area contributed by atoms with Gasteiger partial charge in [0.1, 0.15) is 17.9 Å². The number of aromatic nitrogens is 1. The van der Waals surface area contributed by atoms with E-state index in [1.807, 2.05) is 6.07 Å². The van der Waals surface area contributed by atoms with Crippen molar-refractivity contribution in [3.8, 4) is 6.07 Å². The van der Waals surface area contributed by atoms with Crippen molar-refractivity contribution >= 4 is 5.91 Å². The van der Waals surface area contributed by atoms with Gasteiger partial charge in [0, 0.05) is 36.0 Å². The van der Waals surface area contributed by atoms with Gasteiger partial charge < -0.3 is 15.4 Å². The van der Waals surface area contributed by atoms with Gasteiger partial charge >= 0.3 is 0 Å². The van der Waals surface area contributed by atoms with Gasteiger partial charge in [0.05, 0.1) is 12.7 Å². The first kappa shape index (κ1) is 17.3. The Hall–Kier alpha value is -2.56. The Morgan fingerprint density at radius 1 is 1.52 bits per heavy atom. The van der Waals surface area contributed by atoms with Crippen molar-refractivity contribution < 1.29 is 13.9 Å². The molecule has 1 aliphatic heterocycles. The Morgan fingerprint density at radius 2 is 2.36 bits per heavy atom. The van der Waals surface area contributed by atoms with Crippen molar-refractivity contribution in [1.82, 2.24) is 15.6 Å². The summed E-state index contributed by atoms with van der Waals surface area (Å²) in [5.41, 5.74) is 1.45. The normalized spacial score (nSPS) is 25.8. The van der Waals surface area contributed by atoms with E-state index in [0.717, 1.165) is 6.54 Å². The monoisotopic (exact) mass is 342 g/mol. The fourth-order valence-corrected chi connectivity index (χ4v) is 2.96. The van der Waals surface area contributed by atoms with E-state index in [2.05, 4.69) is 15.6 Å². The average Bonchev–Trinajstić information content (AvgIpc) is 2.62. The smallest absolute Gasteiger partial charge is 0.255 e. The zero-order valence-electron chi connectivity index (χ0n) is 13.8. The second-order valence-corrected chi connectivity index (χ2v) is 6.06. The number of rotatable bonds is 3. The quantitative estimate of drug-likeness (QED) is 0.867. The number of aryl methyl sites for hydroxylation is 1. The summed E-state index contributed by atoms with van der Waals surface area (Å²) in [6.45, 7) is 3.66. The molecule has 2 aliphatic rings. The number of amides is 1. The molecule has 3 rings (SSSR count). The summed E-state index contributed by atoms with van der Waals surface area (Å²) >= 11 is 0. The van der Waals surface area contributed by atoms with Gasteiger partial charge in [-0.05, 0) is 31.2 Å². The van der Waals surface area contributed by atoms with Crippen LogP contribution in [0.3, 0.4) is 0 Å². The van der Waals surface area contributed by atoms with Gasteiger partial charge in [0.2, 0.25) is 0 Å². The fourth-order valence-electron chi connectivity index (χ4n) is 2.96. The Morgan fingerprint density at radius 3 is 3.04 bits per heavy atom. The number of halogens is 1. The number of alkyl halides is 1. The van der Waals surface area contributed by atoms with Gasteiger partial charge in [-0.2, -0.15) is 5.26 Å². The van der Waals surface area contributed by atoms with E-state index in [1.54, 1.807) is 25.1 Å². The van der Waals surface area contributed by atoms with E-state index in [1.165, 1.54) is 12.1 Å². The molecule has 1 aliphatic carbocycles. The summed E-state index contributed by atoms with van der Waals surface area (Å²) in [7, 11) is 0. The Kier molecular flexibility index (Phi) is 5.22. The molecule has 0 bridgehead atoms. The molecule has 6 nitrogen and oxygen atoms in total. The topological polar surface area (TPSA) is 87.0 Å². The third kappa shape index (κ3) is 4.10. The van der Waals surface area contributed by atoms with Crippen LogP contribution >= 0.6 is 0 Å². The molecule has 1 fully saturated rings. The maximum Gasteiger partial charge on any atom is 0.255 e. The summed E-state index contributed by atoms with van der Waals surface area (Å²) in [6, 6.07) is 4.91. The highest BCUT2D eigenvalue weighted by atomic mass is 19.1. The Labute approximate surface area is 145 Å². The molecule has 1 aromatic heterocycles. The molecule has 1 aromatic rings. The second-order valence-electron chi connectivity index (χ2n) is 6.06.